The van der Waals surface area contributed by atoms with E-state index >= 15 is 0 Å². The maximum atomic E-state index is 5.74. The quantitative estimate of drug-likeness (QED) is 0.714. The molecule has 1 rings (SSSR count). The highest BCUT2D eigenvalue weighted by atomic mass is 35.5. The second-order valence-corrected chi connectivity index (χ2v) is 3.56. The number of hydrogen-bond donors (Lipinski definition) is 0. The average Bonchev–Trinajstić information content (AvgIpc) is 2.22. The third kappa shape index (κ3) is 2.38. The molecule has 0 aliphatic heterocycles. The molecule has 0 saturated heterocycles. The number of aryl methyl sites for hydroxylation is 1. The Morgan fingerprint density at radius 3 is 2.43 bits per heavy atom. The van der Waals surface area contributed by atoms with Gasteiger partial charge in [-0.05, 0) is 38.0 Å². The van der Waals surface area contributed by atoms with Gasteiger partial charge in [-0.1, -0.05) is 0 Å². The zero-order chi connectivity index (χ0) is 10.6. The van der Waals surface area contributed by atoms with Crippen molar-refractivity contribution < 1.29 is 0 Å². The lowest BCUT2D eigenvalue weighted by Gasteiger charge is -2.21. The van der Waals surface area contributed by atoms with Crippen LogP contribution < -0.4 is 4.90 Å². The first-order valence-corrected chi connectivity index (χ1v) is 5.52. The smallest absolute Gasteiger partial charge is 0.131 e. The SMILES string of the molecule is CCN(CC)c1ncc(CCl)cc1C. The molecule has 78 valence electrons. The fraction of sp³-hybridized carbons (Fsp3) is 0.545. The molecule has 0 saturated carbocycles. The Hall–Kier alpha value is -0.760. The lowest BCUT2D eigenvalue weighted by atomic mass is 10.2. The second kappa shape index (κ2) is 5.20. The molecule has 1 aromatic heterocycles. The fourth-order valence-electron chi connectivity index (χ4n) is 1.55. The number of halogens is 1. The van der Waals surface area contributed by atoms with E-state index in [1.807, 2.05) is 6.20 Å². The topological polar surface area (TPSA) is 16.1 Å². The van der Waals surface area contributed by atoms with Gasteiger partial charge in [-0.3, -0.25) is 0 Å². The van der Waals surface area contributed by atoms with Crippen molar-refractivity contribution in [3.05, 3.63) is 23.4 Å². The van der Waals surface area contributed by atoms with Gasteiger partial charge in [0, 0.05) is 25.2 Å². The van der Waals surface area contributed by atoms with Crippen molar-refractivity contribution in [1.82, 2.24) is 4.98 Å². The van der Waals surface area contributed by atoms with Gasteiger partial charge in [-0.25, -0.2) is 4.98 Å². The monoisotopic (exact) mass is 212 g/mol. The van der Waals surface area contributed by atoms with E-state index in [0.717, 1.165) is 24.5 Å². The normalized spacial score (nSPS) is 10.3. The Morgan fingerprint density at radius 2 is 2.00 bits per heavy atom. The third-order valence-corrected chi connectivity index (χ3v) is 2.63. The molecule has 0 bridgehead atoms. The molecule has 0 fully saturated rings. The van der Waals surface area contributed by atoms with E-state index in [1.54, 1.807) is 0 Å². The van der Waals surface area contributed by atoms with Crippen LogP contribution in [0, 0.1) is 6.92 Å². The van der Waals surface area contributed by atoms with E-state index in [-0.39, 0.29) is 0 Å². The summed E-state index contributed by atoms with van der Waals surface area (Å²) < 4.78 is 0. The van der Waals surface area contributed by atoms with Crippen molar-refractivity contribution in [2.75, 3.05) is 18.0 Å². The summed E-state index contributed by atoms with van der Waals surface area (Å²) in [6.45, 7) is 8.34. The predicted octanol–water partition coefficient (Wildman–Crippen LogP) is 2.98. The van der Waals surface area contributed by atoms with Crippen molar-refractivity contribution in [3.8, 4) is 0 Å². The van der Waals surface area contributed by atoms with Gasteiger partial charge in [-0.15, -0.1) is 11.6 Å². The molecule has 1 aromatic rings. The zero-order valence-electron chi connectivity index (χ0n) is 9.05. The predicted molar refractivity (Wildman–Crippen MR) is 62.1 cm³/mol. The Kier molecular flexibility index (Phi) is 4.21. The summed E-state index contributed by atoms with van der Waals surface area (Å²) in [5.41, 5.74) is 2.28. The summed E-state index contributed by atoms with van der Waals surface area (Å²) in [4.78, 5) is 6.68. The van der Waals surface area contributed by atoms with Crippen LogP contribution in [0.2, 0.25) is 0 Å². The van der Waals surface area contributed by atoms with Crippen LogP contribution in [0.5, 0.6) is 0 Å². The molecule has 0 aromatic carbocycles. The largest absolute Gasteiger partial charge is 0.357 e. The number of alkyl halides is 1. The van der Waals surface area contributed by atoms with E-state index in [0.29, 0.717) is 5.88 Å². The molecule has 0 radical (unpaired) electrons. The van der Waals surface area contributed by atoms with E-state index in [2.05, 4.69) is 36.7 Å². The number of nitrogens with zero attached hydrogens (tertiary/aromatic N) is 2. The van der Waals surface area contributed by atoms with Gasteiger partial charge in [0.1, 0.15) is 5.82 Å². The fourth-order valence-corrected chi connectivity index (χ4v) is 1.70. The van der Waals surface area contributed by atoms with Crippen LogP contribution in [-0.2, 0) is 5.88 Å². The van der Waals surface area contributed by atoms with Crippen LogP contribution in [-0.4, -0.2) is 18.1 Å². The first kappa shape index (κ1) is 11.3. The Balaban J connectivity index is 2.98. The van der Waals surface area contributed by atoms with E-state index < -0.39 is 0 Å². The molecule has 0 aliphatic rings. The van der Waals surface area contributed by atoms with Crippen molar-refractivity contribution in [2.45, 2.75) is 26.7 Å². The van der Waals surface area contributed by atoms with Crippen molar-refractivity contribution >= 4 is 17.4 Å². The summed E-state index contributed by atoms with van der Waals surface area (Å²) in [5.74, 6) is 1.61. The number of aromatic nitrogens is 1. The lowest BCUT2D eigenvalue weighted by Crippen LogP contribution is -2.23. The van der Waals surface area contributed by atoms with Gasteiger partial charge in [0.15, 0.2) is 0 Å². The second-order valence-electron chi connectivity index (χ2n) is 3.29. The van der Waals surface area contributed by atoms with E-state index in [9.17, 15) is 0 Å². The third-order valence-electron chi connectivity index (χ3n) is 2.32. The summed E-state index contributed by atoms with van der Waals surface area (Å²) >= 11 is 5.74. The van der Waals surface area contributed by atoms with Gasteiger partial charge >= 0.3 is 0 Å². The number of pyridine rings is 1. The molecule has 14 heavy (non-hydrogen) atoms. The summed E-state index contributed by atoms with van der Waals surface area (Å²) in [6.07, 6.45) is 1.85. The highest BCUT2D eigenvalue weighted by Gasteiger charge is 2.06. The summed E-state index contributed by atoms with van der Waals surface area (Å²) in [7, 11) is 0. The van der Waals surface area contributed by atoms with Gasteiger partial charge in [-0.2, -0.15) is 0 Å². The van der Waals surface area contributed by atoms with Crippen LogP contribution in [0.25, 0.3) is 0 Å². The maximum Gasteiger partial charge on any atom is 0.131 e. The van der Waals surface area contributed by atoms with Crippen LogP contribution >= 0.6 is 11.6 Å². The number of hydrogen-bond acceptors (Lipinski definition) is 2. The minimum Gasteiger partial charge on any atom is -0.357 e. The summed E-state index contributed by atoms with van der Waals surface area (Å²) in [6, 6.07) is 2.10. The molecule has 0 atom stereocenters. The number of rotatable bonds is 4. The Labute approximate surface area is 90.9 Å². The molecule has 2 nitrogen and oxygen atoms in total. The van der Waals surface area contributed by atoms with Crippen LogP contribution in [0.4, 0.5) is 5.82 Å². The molecule has 0 unspecified atom stereocenters. The van der Waals surface area contributed by atoms with Crippen molar-refractivity contribution in [3.63, 3.8) is 0 Å². The average molecular weight is 213 g/mol. The molecule has 0 aliphatic carbocycles. The first-order chi connectivity index (χ1) is 6.72. The van der Waals surface area contributed by atoms with E-state index in [4.69, 9.17) is 11.6 Å². The lowest BCUT2D eigenvalue weighted by molar-refractivity contribution is 0.839. The molecule has 0 spiro atoms. The zero-order valence-corrected chi connectivity index (χ0v) is 9.80. The maximum absolute atomic E-state index is 5.74. The molecular weight excluding hydrogens is 196 g/mol. The molecule has 0 N–H and O–H groups in total. The Morgan fingerprint density at radius 1 is 1.36 bits per heavy atom. The van der Waals surface area contributed by atoms with Crippen LogP contribution in [0.1, 0.15) is 25.0 Å². The Bertz CT molecular complexity index is 295. The van der Waals surface area contributed by atoms with Gasteiger partial charge in [0.25, 0.3) is 0 Å². The van der Waals surface area contributed by atoms with Gasteiger partial charge in [0.05, 0.1) is 0 Å². The first-order valence-electron chi connectivity index (χ1n) is 4.99. The molecular formula is C11H17ClN2. The highest BCUT2D eigenvalue weighted by Crippen LogP contribution is 2.18. The molecule has 3 heteroatoms. The van der Waals surface area contributed by atoms with Crippen LogP contribution in [0.15, 0.2) is 12.3 Å². The molecule has 1 heterocycles. The summed E-state index contributed by atoms with van der Waals surface area (Å²) in [5, 5.41) is 0. The van der Waals surface area contributed by atoms with Gasteiger partial charge < -0.3 is 4.90 Å². The standard InChI is InChI=1S/C11H17ClN2/c1-4-14(5-2)11-9(3)6-10(7-12)8-13-11/h6,8H,4-5,7H2,1-3H3. The minimum absolute atomic E-state index is 0.534. The number of anilines is 1. The highest BCUT2D eigenvalue weighted by molar-refractivity contribution is 6.17. The van der Waals surface area contributed by atoms with Crippen molar-refractivity contribution in [2.24, 2.45) is 0 Å². The van der Waals surface area contributed by atoms with E-state index in [1.165, 1.54) is 5.56 Å². The molecule has 0 amide bonds. The van der Waals surface area contributed by atoms with Crippen molar-refractivity contribution in [1.29, 1.82) is 0 Å². The minimum atomic E-state index is 0.534. The van der Waals surface area contributed by atoms with Gasteiger partial charge in [0.2, 0.25) is 0 Å². The van der Waals surface area contributed by atoms with Crippen LogP contribution in [0.3, 0.4) is 0 Å².